The molecule has 0 aliphatic rings. The van der Waals surface area contributed by atoms with Crippen LogP contribution >= 0.6 is 0 Å². The molecule has 0 aliphatic heterocycles. The van der Waals surface area contributed by atoms with E-state index < -0.39 is 6.10 Å². The summed E-state index contributed by atoms with van der Waals surface area (Å²) in [6, 6.07) is 8.14. The molecule has 2 aromatic rings. The van der Waals surface area contributed by atoms with Crippen molar-refractivity contribution in [3.05, 3.63) is 58.9 Å². The fourth-order valence-corrected chi connectivity index (χ4v) is 2.23. The van der Waals surface area contributed by atoms with E-state index in [1.54, 1.807) is 12.4 Å². The number of ether oxygens (including phenoxy) is 1. The molecule has 1 N–H and O–H groups in total. The second kappa shape index (κ2) is 6.72. The Morgan fingerprint density at radius 2 is 1.86 bits per heavy atom. The van der Waals surface area contributed by atoms with E-state index in [0.29, 0.717) is 12.2 Å². The largest absolute Gasteiger partial charge is 0.489 e. The standard InChI is InChI=1S/C18H23NO2/c1-12(2)21-17-9-16(10-19-11-17)18(20)8-15-6-5-13(3)14(4)7-15/h5-7,9-12,18,20H,8H2,1-4H3. The summed E-state index contributed by atoms with van der Waals surface area (Å²) >= 11 is 0. The molecule has 1 aromatic heterocycles. The summed E-state index contributed by atoms with van der Waals surface area (Å²) < 4.78 is 5.62. The van der Waals surface area contributed by atoms with Gasteiger partial charge in [0.25, 0.3) is 0 Å². The molecule has 1 atom stereocenters. The van der Waals surface area contributed by atoms with Crippen LogP contribution in [0, 0.1) is 13.8 Å². The van der Waals surface area contributed by atoms with Gasteiger partial charge in [-0.2, -0.15) is 0 Å². The van der Waals surface area contributed by atoms with Gasteiger partial charge in [0.15, 0.2) is 0 Å². The first-order chi connectivity index (χ1) is 9.95. The maximum absolute atomic E-state index is 10.4. The summed E-state index contributed by atoms with van der Waals surface area (Å²) in [5, 5.41) is 10.4. The number of benzene rings is 1. The minimum absolute atomic E-state index is 0.0962. The first-order valence-electron chi connectivity index (χ1n) is 7.31. The Hall–Kier alpha value is -1.87. The zero-order valence-corrected chi connectivity index (χ0v) is 13.1. The van der Waals surface area contributed by atoms with E-state index in [9.17, 15) is 5.11 Å². The number of rotatable bonds is 5. The first-order valence-corrected chi connectivity index (χ1v) is 7.31. The minimum Gasteiger partial charge on any atom is -0.489 e. The number of nitrogens with zero attached hydrogens (tertiary/aromatic N) is 1. The highest BCUT2D eigenvalue weighted by atomic mass is 16.5. The molecule has 0 spiro atoms. The Bertz CT molecular complexity index is 608. The number of aliphatic hydroxyl groups is 1. The molecule has 0 radical (unpaired) electrons. The van der Waals surface area contributed by atoms with Gasteiger partial charge in [0, 0.05) is 18.2 Å². The molecular weight excluding hydrogens is 262 g/mol. The van der Waals surface area contributed by atoms with Gasteiger partial charge in [-0.25, -0.2) is 0 Å². The molecular formula is C18H23NO2. The van der Waals surface area contributed by atoms with E-state index in [2.05, 4.69) is 37.0 Å². The molecule has 112 valence electrons. The van der Waals surface area contributed by atoms with Crippen molar-refractivity contribution in [2.24, 2.45) is 0 Å². The molecule has 0 amide bonds. The van der Waals surface area contributed by atoms with Crippen molar-refractivity contribution in [1.82, 2.24) is 4.98 Å². The molecule has 1 heterocycles. The molecule has 1 aromatic carbocycles. The maximum Gasteiger partial charge on any atom is 0.138 e. The quantitative estimate of drug-likeness (QED) is 0.909. The summed E-state index contributed by atoms with van der Waals surface area (Å²) in [5.74, 6) is 0.696. The summed E-state index contributed by atoms with van der Waals surface area (Å²) in [4.78, 5) is 4.15. The fraction of sp³-hybridized carbons (Fsp3) is 0.389. The SMILES string of the molecule is Cc1ccc(CC(O)c2cncc(OC(C)C)c2)cc1C. The van der Waals surface area contributed by atoms with Gasteiger partial charge in [-0.3, -0.25) is 4.98 Å². The Kier molecular flexibility index (Phi) is 4.97. The van der Waals surface area contributed by atoms with Gasteiger partial charge >= 0.3 is 0 Å². The van der Waals surface area contributed by atoms with E-state index in [1.165, 1.54) is 11.1 Å². The molecule has 0 saturated heterocycles. The topological polar surface area (TPSA) is 42.4 Å². The van der Waals surface area contributed by atoms with Crippen molar-refractivity contribution in [2.75, 3.05) is 0 Å². The summed E-state index contributed by atoms with van der Waals surface area (Å²) in [6.07, 6.45) is 3.47. The third-order valence-corrected chi connectivity index (χ3v) is 3.49. The lowest BCUT2D eigenvalue weighted by Gasteiger charge is -2.14. The monoisotopic (exact) mass is 285 g/mol. The van der Waals surface area contributed by atoms with Crippen LogP contribution in [0.4, 0.5) is 0 Å². The number of hydrogen-bond acceptors (Lipinski definition) is 3. The molecule has 0 aliphatic carbocycles. The Morgan fingerprint density at radius 1 is 1.10 bits per heavy atom. The average Bonchev–Trinajstić information content (AvgIpc) is 2.42. The Morgan fingerprint density at radius 3 is 2.52 bits per heavy atom. The van der Waals surface area contributed by atoms with Crippen LogP contribution in [0.3, 0.4) is 0 Å². The summed E-state index contributed by atoms with van der Waals surface area (Å²) in [6.45, 7) is 8.12. The normalized spacial score (nSPS) is 12.5. The lowest BCUT2D eigenvalue weighted by Crippen LogP contribution is -2.08. The fourth-order valence-electron chi connectivity index (χ4n) is 2.23. The summed E-state index contributed by atoms with van der Waals surface area (Å²) in [7, 11) is 0. The number of hydrogen-bond donors (Lipinski definition) is 1. The number of aliphatic hydroxyl groups excluding tert-OH is 1. The third-order valence-electron chi connectivity index (χ3n) is 3.49. The van der Waals surface area contributed by atoms with Crippen molar-refractivity contribution in [1.29, 1.82) is 0 Å². The molecule has 3 nitrogen and oxygen atoms in total. The van der Waals surface area contributed by atoms with Crippen LogP contribution in [0.1, 0.15) is 42.2 Å². The van der Waals surface area contributed by atoms with Crippen LogP contribution in [0.25, 0.3) is 0 Å². The molecule has 1 unspecified atom stereocenters. The molecule has 3 heteroatoms. The van der Waals surface area contributed by atoms with E-state index in [4.69, 9.17) is 4.74 Å². The van der Waals surface area contributed by atoms with Gasteiger partial charge in [0.05, 0.1) is 18.4 Å². The highest BCUT2D eigenvalue weighted by molar-refractivity contribution is 5.32. The number of pyridine rings is 1. The van der Waals surface area contributed by atoms with Crippen molar-refractivity contribution in [3.63, 3.8) is 0 Å². The lowest BCUT2D eigenvalue weighted by molar-refractivity contribution is 0.176. The molecule has 0 fully saturated rings. The smallest absolute Gasteiger partial charge is 0.138 e. The van der Waals surface area contributed by atoms with Crippen LogP contribution in [-0.2, 0) is 6.42 Å². The van der Waals surface area contributed by atoms with Gasteiger partial charge in [0.1, 0.15) is 5.75 Å². The summed E-state index contributed by atoms with van der Waals surface area (Å²) in [5.41, 5.74) is 4.42. The van der Waals surface area contributed by atoms with Crippen LogP contribution in [-0.4, -0.2) is 16.2 Å². The number of aryl methyl sites for hydroxylation is 2. The van der Waals surface area contributed by atoms with Crippen molar-refractivity contribution >= 4 is 0 Å². The van der Waals surface area contributed by atoms with Crippen LogP contribution in [0.5, 0.6) is 5.75 Å². The molecule has 2 rings (SSSR count). The minimum atomic E-state index is -0.574. The second-order valence-electron chi connectivity index (χ2n) is 5.76. The number of aromatic nitrogens is 1. The lowest BCUT2D eigenvalue weighted by atomic mass is 9.99. The average molecular weight is 285 g/mol. The van der Waals surface area contributed by atoms with E-state index in [1.807, 2.05) is 19.9 Å². The molecule has 21 heavy (non-hydrogen) atoms. The van der Waals surface area contributed by atoms with Crippen molar-refractivity contribution in [3.8, 4) is 5.75 Å². The van der Waals surface area contributed by atoms with Crippen LogP contribution < -0.4 is 4.74 Å². The predicted molar refractivity (Wildman–Crippen MR) is 84.6 cm³/mol. The van der Waals surface area contributed by atoms with Gasteiger partial charge in [-0.05, 0) is 50.5 Å². The van der Waals surface area contributed by atoms with E-state index >= 15 is 0 Å². The predicted octanol–water partition coefficient (Wildman–Crippen LogP) is 3.76. The van der Waals surface area contributed by atoms with Gasteiger partial charge in [0.2, 0.25) is 0 Å². The third kappa shape index (κ3) is 4.30. The Labute approximate surface area is 126 Å². The van der Waals surface area contributed by atoms with Gasteiger partial charge < -0.3 is 9.84 Å². The highest BCUT2D eigenvalue weighted by Crippen LogP contribution is 2.23. The van der Waals surface area contributed by atoms with E-state index in [0.717, 1.165) is 11.1 Å². The maximum atomic E-state index is 10.4. The van der Waals surface area contributed by atoms with Crippen LogP contribution in [0.15, 0.2) is 36.7 Å². The van der Waals surface area contributed by atoms with E-state index in [-0.39, 0.29) is 6.10 Å². The van der Waals surface area contributed by atoms with Crippen molar-refractivity contribution < 1.29 is 9.84 Å². The zero-order chi connectivity index (χ0) is 15.4. The van der Waals surface area contributed by atoms with Gasteiger partial charge in [-0.15, -0.1) is 0 Å². The Balaban J connectivity index is 2.12. The second-order valence-corrected chi connectivity index (χ2v) is 5.76. The van der Waals surface area contributed by atoms with Crippen LogP contribution in [0.2, 0.25) is 0 Å². The van der Waals surface area contributed by atoms with Gasteiger partial charge in [-0.1, -0.05) is 18.2 Å². The molecule has 0 saturated carbocycles. The highest BCUT2D eigenvalue weighted by Gasteiger charge is 2.11. The zero-order valence-electron chi connectivity index (χ0n) is 13.1. The van der Waals surface area contributed by atoms with Crippen molar-refractivity contribution in [2.45, 2.75) is 46.3 Å². The molecule has 0 bridgehead atoms. The first kappa shape index (κ1) is 15.5.